The van der Waals surface area contributed by atoms with Gasteiger partial charge in [0.2, 0.25) is 0 Å². The number of amides is 1. The van der Waals surface area contributed by atoms with E-state index in [0.29, 0.717) is 11.5 Å². The number of rotatable bonds is 4. The Kier molecular flexibility index (Phi) is 4.94. The third-order valence-electron chi connectivity index (χ3n) is 6.01. The van der Waals surface area contributed by atoms with Crippen molar-refractivity contribution in [3.63, 3.8) is 0 Å². The first-order valence-corrected chi connectivity index (χ1v) is 10.6. The second kappa shape index (κ2) is 7.95. The van der Waals surface area contributed by atoms with Crippen molar-refractivity contribution >= 4 is 12.1 Å². The van der Waals surface area contributed by atoms with Crippen molar-refractivity contribution in [2.24, 2.45) is 5.73 Å². The zero-order valence-electron chi connectivity index (χ0n) is 17.9. The molecule has 162 valence electrons. The zero-order valence-corrected chi connectivity index (χ0v) is 17.9. The number of benzene rings is 4. The van der Waals surface area contributed by atoms with Gasteiger partial charge in [-0.2, -0.15) is 0 Å². The minimum Gasteiger partial charge on any atom is -0.427 e. The number of hydrogen-bond acceptors (Lipinski definition) is 4. The van der Waals surface area contributed by atoms with E-state index in [0.717, 1.165) is 33.4 Å². The molecular formula is C28H21NO4. The molecule has 5 rings (SSSR count). The fraction of sp³-hybridized carbons (Fsp3) is 0.0714. The summed E-state index contributed by atoms with van der Waals surface area (Å²) in [6.45, 7) is 1.38. The van der Waals surface area contributed by atoms with Crippen LogP contribution in [-0.2, 0) is 10.2 Å². The lowest BCUT2D eigenvalue weighted by Crippen LogP contribution is -2.28. The quantitative estimate of drug-likeness (QED) is 0.301. The summed E-state index contributed by atoms with van der Waals surface area (Å²) in [7, 11) is 0. The second-order valence-corrected chi connectivity index (χ2v) is 7.90. The summed E-state index contributed by atoms with van der Waals surface area (Å²) < 4.78 is 10.3. The summed E-state index contributed by atoms with van der Waals surface area (Å²) >= 11 is 0. The molecule has 5 heteroatoms. The summed E-state index contributed by atoms with van der Waals surface area (Å²) in [5.74, 6) is 0.511. The molecule has 0 spiro atoms. The molecule has 4 aromatic carbocycles. The number of nitrogens with two attached hydrogens (primary N) is 1. The van der Waals surface area contributed by atoms with E-state index in [4.69, 9.17) is 15.2 Å². The highest BCUT2D eigenvalue weighted by molar-refractivity contribution is 5.86. The van der Waals surface area contributed by atoms with Crippen LogP contribution in [0.2, 0.25) is 0 Å². The van der Waals surface area contributed by atoms with Gasteiger partial charge in [0.1, 0.15) is 11.5 Å². The second-order valence-electron chi connectivity index (χ2n) is 7.90. The van der Waals surface area contributed by atoms with Gasteiger partial charge in [-0.3, -0.25) is 4.79 Å². The molecule has 0 saturated heterocycles. The number of hydrogen-bond donors (Lipinski definition) is 1. The Bertz CT molecular complexity index is 1250. The smallest absolute Gasteiger partial charge is 0.409 e. The van der Waals surface area contributed by atoms with E-state index in [1.165, 1.54) is 6.92 Å². The van der Waals surface area contributed by atoms with E-state index in [9.17, 15) is 9.59 Å². The highest BCUT2D eigenvalue weighted by atomic mass is 16.5. The van der Waals surface area contributed by atoms with E-state index in [1.807, 2.05) is 60.7 Å². The van der Waals surface area contributed by atoms with E-state index in [2.05, 4.69) is 24.3 Å². The van der Waals surface area contributed by atoms with Gasteiger partial charge in [-0.15, -0.1) is 0 Å². The summed E-state index contributed by atoms with van der Waals surface area (Å²) in [6, 6.07) is 31.7. The molecule has 1 amide bonds. The van der Waals surface area contributed by atoms with Crippen molar-refractivity contribution in [1.29, 1.82) is 0 Å². The normalized spacial score (nSPS) is 13.0. The van der Waals surface area contributed by atoms with Crippen LogP contribution < -0.4 is 15.2 Å². The van der Waals surface area contributed by atoms with E-state index >= 15 is 0 Å². The molecule has 0 aromatic heterocycles. The summed E-state index contributed by atoms with van der Waals surface area (Å²) in [5, 5.41) is 0. The molecule has 1 aliphatic rings. The summed E-state index contributed by atoms with van der Waals surface area (Å²) in [5.41, 5.74) is 11.2. The standard InChI is InChI=1S/C28H21NO4/c1-18(30)32-21-14-10-19(11-15-21)28(20-12-16-22(17-13-20)33-27(29)31)25-8-4-2-6-23(25)24-7-3-5-9-26(24)28/h2-17H,1H3,(H2,29,31). The van der Waals surface area contributed by atoms with Gasteiger partial charge < -0.3 is 15.2 Å². The van der Waals surface area contributed by atoms with Crippen LogP contribution in [0.4, 0.5) is 4.79 Å². The summed E-state index contributed by atoms with van der Waals surface area (Å²) in [4.78, 5) is 22.6. The van der Waals surface area contributed by atoms with Crippen LogP contribution in [0.25, 0.3) is 11.1 Å². The Morgan fingerprint density at radius 2 is 1.06 bits per heavy atom. The first-order chi connectivity index (χ1) is 16.0. The van der Waals surface area contributed by atoms with Gasteiger partial charge in [0.15, 0.2) is 0 Å². The van der Waals surface area contributed by atoms with Crippen molar-refractivity contribution in [1.82, 2.24) is 0 Å². The van der Waals surface area contributed by atoms with Crippen LogP contribution in [0.3, 0.4) is 0 Å². The SMILES string of the molecule is CC(=O)Oc1ccc(C2(c3ccc(OC(N)=O)cc3)c3ccccc3-c3ccccc32)cc1. The molecule has 5 nitrogen and oxygen atoms in total. The molecular weight excluding hydrogens is 414 g/mol. The van der Waals surface area contributed by atoms with E-state index < -0.39 is 11.5 Å². The Morgan fingerprint density at radius 1 is 0.636 bits per heavy atom. The first-order valence-electron chi connectivity index (χ1n) is 10.6. The Labute approximate surface area is 191 Å². The fourth-order valence-electron chi connectivity index (χ4n) is 4.85. The summed E-state index contributed by atoms with van der Waals surface area (Å²) in [6.07, 6.45) is -0.852. The van der Waals surface area contributed by atoms with Crippen LogP contribution in [0.15, 0.2) is 97.1 Å². The van der Waals surface area contributed by atoms with Crippen LogP contribution in [0, 0.1) is 0 Å². The molecule has 0 bridgehead atoms. The molecule has 33 heavy (non-hydrogen) atoms. The Morgan fingerprint density at radius 3 is 1.48 bits per heavy atom. The minimum absolute atomic E-state index is 0.362. The average Bonchev–Trinajstić information content (AvgIpc) is 3.11. The van der Waals surface area contributed by atoms with Crippen molar-refractivity contribution in [2.75, 3.05) is 0 Å². The maximum Gasteiger partial charge on any atom is 0.409 e. The number of esters is 1. The lowest BCUT2D eigenvalue weighted by atomic mass is 9.68. The topological polar surface area (TPSA) is 78.6 Å². The molecule has 0 fully saturated rings. The highest BCUT2D eigenvalue weighted by Gasteiger charge is 2.45. The fourth-order valence-corrected chi connectivity index (χ4v) is 4.85. The number of carbonyl (C=O) groups is 2. The van der Waals surface area contributed by atoms with Gasteiger partial charge in [0.25, 0.3) is 0 Å². The van der Waals surface area contributed by atoms with Gasteiger partial charge in [0.05, 0.1) is 5.41 Å². The third kappa shape index (κ3) is 3.34. The van der Waals surface area contributed by atoms with E-state index in [-0.39, 0.29) is 5.97 Å². The molecule has 0 unspecified atom stereocenters. The first kappa shape index (κ1) is 20.5. The van der Waals surface area contributed by atoms with Gasteiger partial charge >= 0.3 is 12.1 Å². The maximum absolute atomic E-state index is 11.4. The van der Waals surface area contributed by atoms with Crippen molar-refractivity contribution in [3.05, 3.63) is 119 Å². The van der Waals surface area contributed by atoms with Gasteiger partial charge in [-0.25, -0.2) is 4.79 Å². The van der Waals surface area contributed by atoms with Crippen molar-refractivity contribution in [2.45, 2.75) is 12.3 Å². The predicted octanol–water partition coefficient (Wildman–Crippen LogP) is 5.43. The zero-order chi connectivity index (χ0) is 23.0. The molecule has 0 radical (unpaired) electrons. The molecule has 2 N–H and O–H groups in total. The number of carbonyl (C=O) groups excluding carboxylic acids is 2. The predicted molar refractivity (Wildman–Crippen MR) is 125 cm³/mol. The van der Waals surface area contributed by atoms with Crippen molar-refractivity contribution in [3.8, 4) is 22.6 Å². The van der Waals surface area contributed by atoms with Gasteiger partial charge in [-0.05, 0) is 57.6 Å². The van der Waals surface area contributed by atoms with E-state index in [1.54, 1.807) is 12.1 Å². The largest absolute Gasteiger partial charge is 0.427 e. The molecule has 0 heterocycles. The van der Waals surface area contributed by atoms with Crippen LogP contribution in [0.5, 0.6) is 11.5 Å². The molecule has 0 atom stereocenters. The molecule has 1 aliphatic carbocycles. The minimum atomic E-state index is -0.852. The lowest BCUT2D eigenvalue weighted by Gasteiger charge is -2.34. The molecule has 0 saturated carbocycles. The average molecular weight is 435 g/mol. The molecule has 0 aliphatic heterocycles. The van der Waals surface area contributed by atoms with Crippen LogP contribution in [-0.4, -0.2) is 12.1 Å². The molecule has 4 aromatic rings. The lowest BCUT2D eigenvalue weighted by molar-refractivity contribution is -0.131. The Balaban J connectivity index is 1.77. The highest BCUT2D eigenvalue weighted by Crippen LogP contribution is 2.56. The van der Waals surface area contributed by atoms with Crippen LogP contribution >= 0.6 is 0 Å². The van der Waals surface area contributed by atoms with Crippen LogP contribution in [0.1, 0.15) is 29.2 Å². The monoisotopic (exact) mass is 435 g/mol. The van der Waals surface area contributed by atoms with Crippen molar-refractivity contribution < 1.29 is 19.1 Å². The number of primary amides is 1. The van der Waals surface area contributed by atoms with Gasteiger partial charge in [0, 0.05) is 6.92 Å². The number of fused-ring (bicyclic) bond motifs is 3. The Hall–Kier alpha value is -4.38. The third-order valence-corrected chi connectivity index (χ3v) is 6.01. The number of ether oxygens (including phenoxy) is 2. The van der Waals surface area contributed by atoms with Gasteiger partial charge in [-0.1, -0.05) is 72.8 Å². The maximum atomic E-state index is 11.4.